The Morgan fingerprint density at radius 2 is 1.75 bits per heavy atom. The summed E-state index contributed by atoms with van der Waals surface area (Å²) in [5, 5.41) is 0. The van der Waals surface area contributed by atoms with E-state index in [1.54, 1.807) is 44.3 Å². The molecule has 0 N–H and O–H groups in total. The van der Waals surface area contributed by atoms with E-state index < -0.39 is 0 Å². The van der Waals surface area contributed by atoms with Crippen LogP contribution in [0, 0.1) is 5.82 Å². The van der Waals surface area contributed by atoms with Crippen LogP contribution in [0.4, 0.5) is 14.9 Å². The molecule has 192 valence electrons. The Morgan fingerprint density at radius 3 is 2.42 bits per heavy atom. The molecule has 3 aliphatic rings. The van der Waals surface area contributed by atoms with Crippen molar-refractivity contribution in [3.8, 4) is 5.75 Å². The van der Waals surface area contributed by atoms with Gasteiger partial charge in [-0.3, -0.25) is 9.69 Å². The lowest BCUT2D eigenvalue weighted by atomic mass is 9.74. The second-order valence-electron chi connectivity index (χ2n) is 10.5. The minimum absolute atomic E-state index is 0.0557. The average molecular weight is 495 g/mol. The first-order chi connectivity index (χ1) is 17.3. The molecule has 8 heteroatoms. The van der Waals surface area contributed by atoms with Gasteiger partial charge in [-0.05, 0) is 80.7 Å². The van der Waals surface area contributed by atoms with E-state index in [4.69, 9.17) is 4.74 Å². The molecule has 2 fully saturated rings. The molecule has 0 atom stereocenters. The summed E-state index contributed by atoms with van der Waals surface area (Å²) < 4.78 is 19.5. The van der Waals surface area contributed by atoms with Crippen molar-refractivity contribution in [1.82, 2.24) is 14.7 Å². The Bertz CT molecular complexity index is 1140. The molecule has 2 aromatic rings. The number of carbonyl (C=O) groups excluding carboxylic acids is 2. The van der Waals surface area contributed by atoms with Crippen molar-refractivity contribution >= 4 is 17.6 Å². The molecule has 2 saturated heterocycles. The van der Waals surface area contributed by atoms with Gasteiger partial charge in [0.1, 0.15) is 11.6 Å². The van der Waals surface area contributed by atoms with Gasteiger partial charge in [-0.25, -0.2) is 9.18 Å². The van der Waals surface area contributed by atoms with Crippen molar-refractivity contribution in [2.75, 3.05) is 58.8 Å². The highest BCUT2D eigenvalue weighted by atomic mass is 19.1. The fourth-order valence-electron chi connectivity index (χ4n) is 6.17. The summed E-state index contributed by atoms with van der Waals surface area (Å²) in [5.74, 6) is 0.500. The minimum atomic E-state index is -0.247. The Kier molecular flexibility index (Phi) is 6.64. The summed E-state index contributed by atoms with van der Waals surface area (Å²) in [7, 11) is 5.12. The molecule has 0 bridgehead atoms. The number of hydrogen-bond donors (Lipinski definition) is 0. The molecule has 3 amide bonds. The number of nitrogens with zero attached hydrogens (tertiary/aromatic N) is 4. The molecule has 0 aliphatic carbocycles. The summed E-state index contributed by atoms with van der Waals surface area (Å²) in [5.41, 5.74) is 2.27. The Hall–Kier alpha value is -3.13. The molecule has 2 aromatic carbocycles. The third-order valence-corrected chi connectivity index (χ3v) is 8.23. The Balaban J connectivity index is 1.22. The van der Waals surface area contributed by atoms with E-state index in [0.717, 1.165) is 63.1 Å². The standard InChI is InChI=1S/C28H35FN4O3/c1-30(2)27(35)33-19-28(24-18-21(29)7-8-25(24)33)11-15-31(16-12-28)22-9-13-32(14-10-22)26(34)20-5-4-6-23(17-20)36-3/h4-8,17-18,22H,9-16,19H2,1-3H3. The predicted molar refractivity (Wildman–Crippen MR) is 137 cm³/mol. The number of carbonyl (C=O) groups is 2. The van der Waals surface area contributed by atoms with Crippen LogP contribution in [0.2, 0.25) is 0 Å². The van der Waals surface area contributed by atoms with Crippen molar-refractivity contribution < 1.29 is 18.7 Å². The predicted octanol–water partition coefficient (Wildman–Crippen LogP) is 3.97. The van der Waals surface area contributed by atoms with Gasteiger partial charge >= 0.3 is 6.03 Å². The highest BCUT2D eigenvalue weighted by Crippen LogP contribution is 2.48. The van der Waals surface area contributed by atoms with Gasteiger partial charge < -0.3 is 19.4 Å². The molecule has 0 saturated carbocycles. The van der Waals surface area contributed by atoms with E-state index in [2.05, 4.69) is 4.90 Å². The summed E-state index contributed by atoms with van der Waals surface area (Å²) in [4.78, 5) is 33.7. The maximum Gasteiger partial charge on any atom is 0.323 e. The molecule has 3 heterocycles. The van der Waals surface area contributed by atoms with Crippen molar-refractivity contribution in [3.63, 3.8) is 0 Å². The van der Waals surface area contributed by atoms with Crippen LogP contribution in [0.5, 0.6) is 5.75 Å². The van der Waals surface area contributed by atoms with Crippen molar-refractivity contribution in [2.45, 2.75) is 37.1 Å². The second-order valence-corrected chi connectivity index (χ2v) is 10.5. The molecule has 3 aliphatic heterocycles. The Morgan fingerprint density at radius 1 is 1.03 bits per heavy atom. The highest BCUT2D eigenvalue weighted by Gasteiger charge is 2.47. The number of piperidine rings is 2. The van der Waals surface area contributed by atoms with E-state index >= 15 is 0 Å². The van der Waals surface area contributed by atoms with E-state index in [1.165, 1.54) is 6.07 Å². The molecule has 7 nitrogen and oxygen atoms in total. The van der Waals surface area contributed by atoms with Crippen molar-refractivity contribution in [3.05, 3.63) is 59.4 Å². The maximum atomic E-state index is 14.3. The fraction of sp³-hybridized carbons (Fsp3) is 0.500. The molecule has 0 aromatic heterocycles. The van der Waals surface area contributed by atoms with Crippen molar-refractivity contribution in [1.29, 1.82) is 0 Å². The third kappa shape index (κ3) is 4.43. The second kappa shape index (κ2) is 9.73. The number of likely N-dealkylation sites (tertiary alicyclic amines) is 2. The number of anilines is 1. The monoisotopic (exact) mass is 494 g/mol. The zero-order valence-corrected chi connectivity index (χ0v) is 21.4. The van der Waals surface area contributed by atoms with E-state index in [9.17, 15) is 14.0 Å². The van der Waals surface area contributed by atoms with Gasteiger partial charge in [-0.2, -0.15) is 0 Å². The number of halogens is 1. The number of fused-ring (bicyclic) bond motifs is 2. The normalized spacial score (nSPS) is 19.9. The van der Waals surface area contributed by atoms with Crippen LogP contribution in [-0.2, 0) is 5.41 Å². The first-order valence-corrected chi connectivity index (χ1v) is 12.8. The summed E-state index contributed by atoms with van der Waals surface area (Å²) in [6, 6.07) is 12.5. The van der Waals surface area contributed by atoms with E-state index in [-0.39, 0.29) is 23.2 Å². The number of methoxy groups -OCH3 is 1. The first kappa shape index (κ1) is 24.6. The molecule has 36 heavy (non-hydrogen) atoms. The summed E-state index contributed by atoms with van der Waals surface area (Å²) in [6.07, 6.45) is 3.67. The number of hydrogen-bond acceptors (Lipinski definition) is 4. The lowest BCUT2D eigenvalue weighted by Crippen LogP contribution is -2.52. The van der Waals surface area contributed by atoms with Crippen LogP contribution in [0.25, 0.3) is 0 Å². The van der Waals surface area contributed by atoms with Gasteiger partial charge in [0.15, 0.2) is 0 Å². The molecule has 0 radical (unpaired) electrons. The van der Waals surface area contributed by atoms with Crippen LogP contribution in [0.3, 0.4) is 0 Å². The fourth-order valence-corrected chi connectivity index (χ4v) is 6.17. The smallest absolute Gasteiger partial charge is 0.323 e. The molecular weight excluding hydrogens is 459 g/mol. The topological polar surface area (TPSA) is 56.3 Å². The van der Waals surface area contributed by atoms with Crippen LogP contribution >= 0.6 is 0 Å². The number of rotatable bonds is 3. The molecular formula is C28H35FN4O3. The summed E-state index contributed by atoms with van der Waals surface area (Å²) >= 11 is 0. The van der Waals surface area contributed by atoms with Gasteiger partial charge in [-0.1, -0.05) is 6.07 Å². The summed E-state index contributed by atoms with van der Waals surface area (Å²) in [6.45, 7) is 3.90. The van der Waals surface area contributed by atoms with Crippen LogP contribution in [0.1, 0.15) is 41.6 Å². The van der Waals surface area contributed by atoms with Gasteiger partial charge in [0.2, 0.25) is 0 Å². The zero-order chi connectivity index (χ0) is 25.4. The number of amides is 3. The Labute approximate surface area is 212 Å². The largest absolute Gasteiger partial charge is 0.497 e. The van der Waals surface area contributed by atoms with Crippen LogP contribution < -0.4 is 9.64 Å². The lowest BCUT2D eigenvalue weighted by Gasteiger charge is -2.45. The number of benzene rings is 2. The molecule has 1 spiro atoms. The SMILES string of the molecule is COc1cccc(C(=O)N2CCC(N3CCC4(CC3)CN(C(=O)N(C)C)c3ccc(F)cc34)CC2)c1. The van der Waals surface area contributed by atoms with Gasteiger partial charge in [0.05, 0.1) is 7.11 Å². The third-order valence-electron chi connectivity index (χ3n) is 8.23. The van der Waals surface area contributed by atoms with E-state index in [1.807, 2.05) is 28.0 Å². The van der Waals surface area contributed by atoms with Crippen LogP contribution in [0.15, 0.2) is 42.5 Å². The lowest BCUT2D eigenvalue weighted by molar-refractivity contribution is 0.0530. The molecule has 0 unspecified atom stereocenters. The number of urea groups is 1. The highest BCUT2D eigenvalue weighted by molar-refractivity contribution is 5.95. The molecule has 5 rings (SSSR count). The van der Waals surface area contributed by atoms with Crippen molar-refractivity contribution in [2.24, 2.45) is 0 Å². The quantitative estimate of drug-likeness (QED) is 0.648. The van der Waals surface area contributed by atoms with Gasteiger partial charge in [0.25, 0.3) is 5.91 Å². The maximum absolute atomic E-state index is 14.3. The van der Waals surface area contributed by atoms with Gasteiger partial charge in [-0.15, -0.1) is 0 Å². The van der Waals surface area contributed by atoms with E-state index in [0.29, 0.717) is 23.9 Å². The first-order valence-electron chi connectivity index (χ1n) is 12.8. The van der Waals surface area contributed by atoms with Gasteiger partial charge in [0, 0.05) is 56.4 Å². The van der Waals surface area contributed by atoms with Crippen LogP contribution in [-0.4, -0.2) is 86.6 Å². The zero-order valence-electron chi connectivity index (χ0n) is 21.4. The average Bonchev–Trinajstić information content (AvgIpc) is 3.21. The minimum Gasteiger partial charge on any atom is -0.497 e. The number of ether oxygens (including phenoxy) is 1.